The molecule has 0 saturated carbocycles. The van der Waals surface area contributed by atoms with E-state index in [9.17, 15) is 0 Å². The lowest BCUT2D eigenvalue weighted by Crippen LogP contribution is -2.16. The van der Waals surface area contributed by atoms with Gasteiger partial charge in [0.05, 0.1) is 17.7 Å². The molecule has 0 unspecified atom stereocenters. The van der Waals surface area contributed by atoms with Gasteiger partial charge in [-0.2, -0.15) is 0 Å². The molecule has 0 bridgehead atoms. The highest BCUT2D eigenvalue weighted by Crippen LogP contribution is 2.38. The number of aromatic nitrogens is 2. The largest absolute Gasteiger partial charge is 0.326 e. The normalized spacial score (nSPS) is 16.5. The van der Waals surface area contributed by atoms with E-state index in [1.54, 1.807) is 11.3 Å². The van der Waals surface area contributed by atoms with E-state index < -0.39 is 0 Å². The van der Waals surface area contributed by atoms with Crippen LogP contribution in [0.15, 0.2) is 55.1 Å². The van der Waals surface area contributed by atoms with E-state index in [4.69, 9.17) is 0 Å². The molecule has 2 aromatic carbocycles. The van der Waals surface area contributed by atoms with Gasteiger partial charge in [0, 0.05) is 22.2 Å². The van der Waals surface area contributed by atoms with Crippen molar-refractivity contribution in [3.63, 3.8) is 0 Å². The molecule has 0 N–H and O–H groups in total. The number of hydrogen-bond donors (Lipinski definition) is 0. The summed E-state index contributed by atoms with van der Waals surface area (Å²) in [5.41, 5.74) is 10.1. The first kappa shape index (κ1) is 16.2. The Bertz CT molecular complexity index is 1230. The zero-order valence-electron chi connectivity index (χ0n) is 16.4. The second kappa shape index (κ2) is 6.13. The Morgan fingerprint density at radius 3 is 2.14 bits per heavy atom. The molecule has 2 aromatic heterocycles. The van der Waals surface area contributed by atoms with Gasteiger partial charge in [-0.15, -0.1) is 0 Å². The summed E-state index contributed by atoms with van der Waals surface area (Å²) in [5.74, 6) is 0. The molecule has 0 saturated heterocycles. The van der Waals surface area contributed by atoms with Crippen molar-refractivity contribution in [1.29, 1.82) is 0 Å². The topological polar surface area (TPSA) is 9.86 Å². The van der Waals surface area contributed by atoms with Crippen LogP contribution in [0.1, 0.15) is 48.2 Å². The van der Waals surface area contributed by atoms with Crippen LogP contribution in [0.3, 0.4) is 0 Å². The SMILES string of the molecule is C=C1CCCc2c1n(Cn1c3c(c4ccccc41)CCCC3)c1ccccc21. The number of fused-ring (bicyclic) bond motifs is 6. The maximum absolute atomic E-state index is 4.46. The van der Waals surface area contributed by atoms with Crippen molar-refractivity contribution in [1.82, 2.24) is 9.13 Å². The zero-order valence-corrected chi connectivity index (χ0v) is 16.4. The molecule has 2 heterocycles. The first-order valence-electron chi connectivity index (χ1n) is 10.7. The number of hydrogen-bond acceptors (Lipinski definition) is 0. The standard InChI is InChI=1S/C26H26N2/c1-18-9-8-13-22-21-12-4-7-16-25(21)28(26(18)22)17-27-23-14-5-2-10-19(23)20-11-3-6-15-24(20)27/h2,4-5,7,10,12,14,16H,1,3,6,8-9,11,13,15,17H2. The molecule has 140 valence electrons. The van der Waals surface area contributed by atoms with Gasteiger partial charge in [-0.3, -0.25) is 0 Å². The maximum Gasteiger partial charge on any atom is 0.0997 e. The van der Waals surface area contributed by atoms with Crippen LogP contribution in [0.25, 0.3) is 27.4 Å². The minimum absolute atomic E-state index is 0.894. The average molecular weight is 367 g/mol. The number of benzene rings is 2. The summed E-state index contributed by atoms with van der Waals surface area (Å²) in [5, 5.41) is 2.88. The number of allylic oxidation sites excluding steroid dienone is 1. The number of nitrogens with zero attached hydrogens (tertiary/aromatic N) is 2. The molecule has 0 spiro atoms. The second-order valence-electron chi connectivity index (χ2n) is 8.45. The Hall–Kier alpha value is -2.74. The van der Waals surface area contributed by atoms with Gasteiger partial charge in [-0.05, 0) is 73.8 Å². The summed E-state index contributed by atoms with van der Waals surface area (Å²) in [7, 11) is 0. The molecular weight excluding hydrogens is 340 g/mol. The van der Waals surface area contributed by atoms with Crippen molar-refractivity contribution in [3.8, 4) is 0 Å². The van der Waals surface area contributed by atoms with E-state index in [1.165, 1.54) is 77.2 Å². The van der Waals surface area contributed by atoms with Crippen LogP contribution in [-0.2, 0) is 25.9 Å². The van der Waals surface area contributed by atoms with Gasteiger partial charge in [-0.25, -0.2) is 0 Å². The van der Waals surface area contributed by atoms with Crippen molar-refractivity contribution < 1.29 is 0 Å². The number of para-hydroxylation sites is 2. The molecule has 28 heavy (non-hydrogen) atoms. The van der Waals surface area contributed by atoms with Crippen LogP contribution in [0.4, 0.5) is 0 Å². The second-order valence-corrected chi connectivity index (χ2v) is 8.45. The van der Waals surface area contributed by atoms with Crippen LogP contribution >= 0.6 is 0 Å². The third kappa shape index (κ3) is 2.21. The highest BCUT2D eigenvalue weighted by molar-refractivity contribution is 5.91. The predicted molar refractivity (Wildman–Crippen MR) is 118 cm³/mol. The lowest BCUT2D eigenvalue weighted by atomic mass is 9.92. The van der Waals surface area contributed by atoms with Crippen LogP contribution in [0.2, 0.25) is 0 Å². The van der Waals surface area contributed by atoms with E-state index in [0.29, 0.717) is 0 Å². The molecule has 2 nitrogen and oxygen atoms in total. The fourth-order valence-electron chi connectivity index (χ4n) is 5.67. The fraction of sp³-hybridized carbons (Fsp3) is 0.308. The van der Waals surface area contributed by atoms with Gasteiger partial charge >= 0.3 is 0 Å². The summed E-state index contributed by atoms with van der Waals surface area (Å²) in [6, 6.07) is 17.9. The highest BCUT2D eigenvalue weighted by atomic mass is 15.2. The molecular formula is C26H26N2. The minimum Gasteiger partial charge on any atom is -0.326 e. The Morgan fingerprint density at radius 2 is 1.32 bits per heavy atom. The summed E-state index contributed by atoms with van der Waals surface area (Å²) in [4.78, 5) is 0. The van der Waals surface area contributed by atoms with Gasteiger partial charge in [0.2, 0.25) is 0 Å². The molecule has 4 aromatic rings. The zero-order chi connectivity index (χ0) is 18.7. The summed E-state index contributed by atoms with van der Waals surface area (Å²) in [6.07, 6.45) is 8.56. The Morgan fingerprint density at radius 1 is 0.679 bits per heavy atom. The van der Waals surface area contributed by atoms with Gasteiger partial charge in [0.1, 0.15) is 0 Å². The van der Waals surface area contributed by atoms with Crippen LogP contribution in [-0.4, -0.2) is 9.13 Å². The van der Waals surface area contributed by atoms with E-state index >= 15 is 0 Å². The lowest BCUT2D eigenvalue weighted by molar-refractivity contribution is 0.574. The molecule has 6 rings (SSSR count). The summed E-state index contributed by atoms with van der Waals surface area (Å²) < 4.78 is 5.14. The van der Waals surface area contributed by atoms with Gasteiger partial charge < -0.3 is 9.13 Å². The lowest BCUT2D eigenvalue weighted by Gasteiger charge is -2.21. The molecule has 0 amide bonds. The van der Waals surface area contributed by atoms with Crippen LogP contribution < -0.4 is 0 Å². The Labute approximate surface area is 166 Å². The fourth-order valence-corrected chi connectivity index (χ4v) is 5.67. The molecule has 0 radical (unpaired) electrons. The van der Waals surface area contributed by atoms with Crippen molar-refractivity contribution in [2.45, 2.75) is 51.6 Å². The minimum atomic E-state index is 0.894. The van der Waals surface area contributed by atoms with Crippen LogP contribution in [0, 0.1) is 0 Å². The highest BCUT2D eigenvalue weighted by Gasteiger charge is 2.25. The smallest absolute Gasteiger partial charge is 0.0997 e. The van der Waals surface area contributed by atoms with Crippen molar-refractivity contribution in [3.05, 3.63) is 77.6 Å². The van der Waals surface area contributed by atoms with Crippen molar-refractivity contribution in [2.75, 3.05) is 0 Å². The van der Waals surface area contributed by atoms with E-state index in [0.717, 1.165) is 13.1 Å². The van der Waals surface area contributed by atoms with Crippen molar-refractivity contribution >= 4 is 27.4 Å². The molecule has 0 atom stereocenters. The maximum atomic E-state index is 4.46. The number of rotatable bonds is 2. The molecule has 2 aliphatic carbocycles. The number of aryl methyl sites for hydroxylation is 2. The third-order valence-electron chi connectivity index (χ3n) is 6.88. The van der Waals surface area contributed by atoms with Crippen molar-refractivity contribution in [2.24, 2.45) is 0 Å². The van der Waals surface area contributed by atoms with E-state index in [-0.39, 0.29) is 0 Å². The molecule has 2 aliphatic rings. The van der Waals surface area contributed by atoms with Crippen LogP contribution in [0.5, 0.6) is 0 Å². The Kier molecular flexibility index (Phi) is 3.56. The third-order valence-corrected chi connectivity index (χ3v) is 6.88. The van der Waals surface area contributed by atoms with E-state index in [2.05, 4.69) is 64.2 Å². The summed E-state index contributed by atoms with van der Waals surface area (Å²) >= 11 is 0. The molecule has 2 heteroatoms. The Balaban J connectivity index is 1.62. The van der Waals surface area contributed by atoms with Gasteiger partial charge in [0.15, 0.2) is 0 Å². The van der Waals surface area contributed by atoms with Gasteiger partial charge in [-0.1, -0.05) is 43.0 Å². The van der Waals surface area contributed by atoms with E-state index in [1.807, 2.05) is 0 Å². The quantitative estimate of drug-likeness (QED) is 0.392. The predicted octanol–water partition coefficient (Wildman–Crippen LogP) is 6.33. The molecule has 0 fully saturated rings. The first-order valence-corrected chi connectivity index (χ1v) is 10.7. The van der Waals surface area contributed by atoms with Gasteiger partial charge in [0.25, 0.3) is 0 Å². The first-order chi connectivity index (χ1) is 13.8. The average Bonchev–Trinajstić information content (AvgIpc) is 3.24. The summed E-state index contributed by atoms with van der Waals surface area (Å²) in [6.45, 7) is 5.35. The molecule has 0 aliphatic heterocycles. The monoisotopic (exact) mass is 366 g/mol.